The van der Waals surface area contributed by atoms with Crippen molar-refractivity contribution < 1.29 is 4.92 Å². The van der Waals surface area contributed by atoms with E-state index in [0.29, 0.717) is 0 Å². The second-order valence-electron chi connectivity index (χ2n) is 4.36. The first kappa shape index (κ1) is 14.0. The minimum Gasteiger partial charge on any atom is -0.357 e. The molecule has 0 aliphatic rings. The van der Waals surface area contributed by atoms with Gasteiger partial charge < -0.3 is 4.90 Å². The summed E-state index contributed by atoms with van der Waals surface area (Å²) in [5.74, 6) is 0.784. The van der Waals surface area contributed by atoms with Crippen LogP contribution in [0.15, 0.2) is 42.6 Å². The zero-order chi connectivity index (χ0) is 14.5. The lowest BCUT2D eigenvalue weighted by Crippen LogP contribution is -2.23. The molecule has 0 aliphatic carbocycles. The molecule has 0 fully saturated rings. The van der Waals surface area contributed by atoms with Gasteiger partial charge in [0.25, 0.3) is 5.69 Å². The maximum absolute atomic E-state index is 11.0. The van der Waals surface area contributed by atoms with Crippen molar-refractivity contribution in [2.24, 2.45) is 0 Å². The first-order valence-electron chi connectivity index (χ1n) is 6.62. The van der Waals surface area contributed by atoms with Gasteiger partial charge in [0, 0.05) is 24.7 Å². The number of aromatic nitrogens is 1. The minimum absolute atomic E-state index is 0.0137. The third-order valence-corrected chi connectivity index (χ3v) is 3.21. The van der Waals surface area contributed by atoms with Crippen LogP contribution in [0.4, 0.5) is 11.5 Å². The van der Waals surface area contributed by atoms with Crippen LogP contribution in [-0.4, -0.2) is 23.0 Å². The molecule has 0 unspecified atom stereocenters. The second-order valence-corrected chi connectivity index (χ2v) is 4.36. The molecule has 0 aliphatic heterocycles. The minimum atomic E-state index is -0.411. The van der Waals surface area contributed by atoms with Gasteiger partial charge in [0.05, 0.1) is 4.92 Å². The monoisotopic (exact) mass is 271 g/mol. The molecule has 0 atom stereocenters. The van der Waals surface area contributed by atoms with E-state index in [2.05, 4.69) is 9.88 Å². The first-order chi connectivity index (χ1) is 9.67. The molecule has 2 aromatic rings. The summed E-state index contributed by atoms with van der Waals surface area (Å²) in [5.41, 5.74) is 1.74. The molecule has 1 aromatic carbocycles. The Morgan fingerprint density at radius 1 is 1.20 bits per heavy atom. The average molecular weight is 271 g/mol. The molecule has 2 rings (SSSR count). The molecular weight excluding hydrogens is 254 g/mol. The Balaban J connectivity index is 2.60. The van der Waals surface area contributed by atoms with E-state index in [-0.39, 0.29) is 5.69 Å². The SMILES string of the molecule is CCN(CC)c1ncc([N+](=O)[O-])cc1-c1ccccc1. The number of anilines is 1. The van der Waals surface area contributed by atoms with Crippen LogP contribution >= 0.6 is 0 Å². The Bertz CT molecular complexity index is 595. The Hall–Kier alpha value is -2.43. The van der Waals surface area contributed by atoms with Gasteiger partial charge in [-0.15, -0.1) is 0 Å². The van der Waals surface area contributed by atoms with Crippen molar-refractivity contribution in [3.63, 3.8) is 0 Å². The summed E-state index contributed by atoms with van der Waals surface area (Å²) in [7, 11) is 0. The molecule has 0 amide bonds. The van der Waals surface area contributed by atoms with E-state index in [4.69, 9.17) is 0 Å². The fourth-order valence-electron chi connectivity index (χ4n) is 2.15. The summed E-state index contributed by atoms with van der Waals surface area (Å²) in [6.45, 7) is 5.70. The van der Waals surface area contributed by atoms with E-state index >= 15 is 0 Å². The van der Waals surface area contributed by atoms with Gasteiger partial charge in [-0.1, -0.05) is 30.3 Å². The highest BCUT2D eigenvalue weighted by Crippen LogP contribution is 2.31. The second kappa shape index (κ2) is 6.14. The smallest absolute Gasteiger partial charge is 0.288 e. The Morgan fingerprint density at radius 2 is 1.85 bits per heavy atom. The van der Waals surface area contributed by atoms with Gasteiger partial charge in [0.15, 0.2) is 0 Å². The van der Waals surface area contributed by atoms with Gasteiger partial charge in [0.2, 0.25) is 0 Å². The third-order valence-electron chi connectivity index (χ3n) is 3.21. The summed E-state index contributed by atoms with van der Waals surface area (Å²) in [5, 5.41) is 11.0. The van der Waals surface area contributed by atoms with E-state index in [1.165, 1.54) is 6.20 Å². The molecule has 104 valence electrons. The van der Waals surface area contributed by atoms with Crippen molar-refractivity contribution in [2.75, 3.05) is 18.0 Å². The number of benzene rings is 1. The highest BCUT2D eigenvalue weighted by Gasteiger charge is 2.16. The van der Waals surface area contributed by atoms with Gasteiger partial charge in [-0.2, -0.15) is 0 Å². The summed E-state index contributed by atoms with van der Waals surface area (Å²) in [6, 6.07) is 11.2. The van der Waals surface area contributed by atoms with Gasteiger partial charge in [-0.25, -0.2) is 4.98 Å². The summed E-state index contributed by atoms with van der Waals surface area (Å²) < 4.78 is 0. The molecule has 1 heterocycles. The quantitative estimate of drug-likeness (QED) is 0.617. The van der Waals surface area contributed by atoms with Crippen LogP contribution in [0.2, 0.25) is 0 Å². The number of pyridine rings is 1. The van der Waals surface area contributed by atoms with Gasteiger partial charge in [0.1, 0.15) is 12.0 Å². The predicted octanol–water partition coefficient (Wildman–Crippen LogP) is 3.50. The van der Waals surface area contributed by atoms with Crippen molar-refractivity contribution in [1.82, 2.24) is 4.98 Å². The van der Waals surface area contributed by atoms with Crippen molar-refractivity contribution in [2.45, 2.75) is 13.8 Å². The lowest BCUT2D eigenvalue weighted by atomic mass is 10.1. The van der Waals surface area contributed by atoms with Crippen LogP contribution in [0.1, 0.15) is 13.8 Å². The largest absolute Gasteiger partial charge is 0.357 e. The lowest BCUT2D eigenvalue weighted by Gasteiger charge is -2.22. The van der Waals surface area contributed by atoms with Crippen molar-refractivity contribution in [3.8, 4) is 11.1 Å². The molecule has 5 nitrogen and oxygen atoms in total. The highest BCUT2D eigenvalue weighted by molar-refractivity contribution is 5.77. The number of nitro groups is 1. The predicted molar refractivity (Wildman–Crippen MR) is 79.9 cm³/mol. The average Bonchev–Trinajstić information content (AvgIpc) is 2.49. The molecule has 5 heteroatoms. The zero-order valence-corrected chi connectivity index (χ0v) is 11.6. The van der Waals surface area contributed by atoms with Crippen molar-refractivity contribution in [1.29, 1.82) is 0 Å². The number of hydrogen-bond acceptors (Lipinski definition) is 4. The standard InChI is InChI=1S/C15H17N3O2/c1-3-17(4-2)15-14(12-8-6-5-7-9-12)10-13(11-16-15)18(19)20/h5-11H,3-4H2,1-2H3. The zero-order valence-electron chi connectivity index (χ0n) is 11.6. The maximum atomic E-state index is 11.0. The molecule has 0 saturated carbocycles. The first-order valence-corrected chi connectivity index (χ1v) is 6.62. The van der Waals surface area contributed by atoms with E-state index in [9.17, 15) is 10.1 Å². The Labute approximate surface area is 118 Å². The molecule has 0 saturated heterocycles. The van der Waals surface area contributed by atoms with E-state index in [1.54, 1.807) is 6.07 Å². The molecule has 1 aromatic heterocycles. The van der Waals surface area contributed by atoms with Crippen LogP contribution in [0.5, 0.6) is 0 Å². The fourth-order valence-corrected chi connectivity index (χ4v) is 2.15. The summed E-state index contributed by atoms with van der Waals surface area (Å²) in [4.78, 5) is 16.9. The van der Waals surface area contributed by atoms with Gasteiger partial charge in [-0.05, 0) is 19.4 Å². The Morgan fingerprint density at radius 3 is 2.40 bits per heavy atom. The van der Waals surface area contributed by atoms with Gasteiger partial charge in [-0.3, -0.25) is 10.1 Å². The molecule has 0 radical (unpaired) electrons. The van der Waals surface area contributed by atoms with Crippen molar-refractivity contribution in [3.05, 3.63) is 52.7 Å². The highest BCUT2D eigenvalue weighted by atomic mass is 16.6. The fraction of sp³-hybridized carbons (Fsp3) is 0.267. The van der Waals surface area contributed by atoms with Crippen molar-refractivity contribution >= 4 is 11.5 Å². The van der Waals surface area contributed by atoms with Crippen LogP contribution in [0.25, 0.3) is 11.1 Å². The number of nitrogens with zero attached hydrogens (tertiary/aromatic N) is 3. The molecule has 0 bridgehead atoms. The van der Waals surface area contributed by atoms with Crippen LogP contribution in [-0.2, 0) is 0 Å². The molecule has 0 N–H and O–H groups in total. The normalized spacial score (nSPS) is 10.3. The Kier molecular flexibility index (Phi) is 4.30. The van der Waals surface area contributed by atoms with Gasteiger partial charge >= 0.3 is 0 Å². The number of rotatable bonds is 5. The van der Waals surface area contributed by atoms with E-state index in [0.717, 1.165) is 30.0 Å². The van der Waals surface area contributed by atoms with Crippen LogP contribution in [0, 0.1) is 10.1 Å². The molecule has 20 heavy (non-hydrogen) atoms. The van der Waals surface area contributed by atoms with E-state index in [1.807, 2.05) is 44.2 Å². The molecular formula is C15H17N3O2. The van der Waals surface area contributed by atoms with Crippen LogP contribution < -0.4 is 4.90 Å². The van der Waals surface area contributed by atoms with Crippen LogP contribution in [0.3, 0.4) is 0 Å². The maximum Gasteiger partial charge on any atom is 0.288 e. The lowest BCUT2D eigenvalue weighted by molar-refractivity contribution is -0.385. The third kappa shape index (κ3) is 2.77. The topological polar surface area (TPSA) is 59.3 Å². The number of hydrogen-bond donors (Lipinski definition) is 0. The summed E-state index contributed by atoms with van der Waals surface area (Å²) >= 11 is 0. The molecule has 0 spiro atoms. The van der Waals surface area contributed by atoms with E-state index < -0.39 is 4.92 Å². The summed E-state index contributed by atoms with van der Waals surface area (Å²) in [6.07, 6.45) is 1.32.